The molecule has 4 nitrogen and oxygen atoms in total. The second-order valence-corrected chi connectivity index (χ2v) is 2.54. The molecule has 0 heterocycles. The van der Waals surface area contributed by atoms with E-state index in [1.807, 2.05) is 0 Å². The van der Waals surface area contributed by atoms with Crippen molar-refractivity contribution in [1.82, 2.24) is 0 Å². The first-order chi connectivity index (χ1) is 2.94. The van der Waals surface area contributed by atoms with Gasteiger partial charge in [0.05, 0.1) is 0 Å². The van der Waals surface area contributed by atoms with Crippen molar-refractivity contribution >= 4 is 10.1 Å². The molecule has 2 N–H and O–H groups in total. The normalized spacial score (nSPS) is 16.4. The van der Waals surface area contributed by atoms with Crippen LogP contribution in [0, 0.1) is 6.92 Å². The van der Waals surface area contributed by atoms with Crippen LogP contribution in [0.25, 0.3) is 0 Å². The summed E-state index contributed by atoms with van der Waals surface area (Å²) in [4.78, 5) is 0. The lowest BCUT2D eigenvalue weighted by Gasteiger charge is -1.93. The lowest BCUT2D eigenvalue weighted by molar-refractivity contribution is 0.274. The van der Waals surface area contributed by atoms with Crippen LogP contribution in [-0.2, 0) is 10.1 Å². The first-order valence-corrected chi connectivity index (χ1v) is 2.92. The number of rotatable bonds is 1. The highest BCUT2D eigenvalue weighted by Gasteiger charge is 2.11. The van der Waals surface area contributed by atoms with E-state index in [0.29, 0.717) is 0 Å². The Morgan fingerprint density at radius 1 is 1.57 bits per heavy atom. The van der Waals surface area contributed by atoms with E-state index in [1.165, 1.54) is 0 Å². The fourth-order valence-corrected chi connectivity index (χ4v) is 0. The third-order valence-corrected chi connectivity index (χ3v) is 1.03. The summed E-state index contributed by atoms with van der Waals surface area (Å²) >= 11 is 0. The first kappa shape index (κ1) is 6.87. The Morgan fingerprint density at radius 2 is 1.71 bits per heavy atom. The Balaban J connectivity index is 4.10. The van der Waals surface area contributed by atoms with Crippen molar-refractivity contribution in [3.05, 3.63) is 6.92 Å². The van der Waals surface area contributed by atoms with E-state index in [9.17, 15) is 8.42 Å². The molecule has 0 aromatic heterocycles. The average molecular weight is 125 g/mol. The molecule has 0 aromatic rings. The maximum absolute atomic E-state index is 9.57. The molecular weight excluding hydrogens is 120 g/mol. The van der Waals surface area contributed by atoms with Crippen molar-refractivity contribution in [1.29, 1.82) is 0 Å². The van der Waals surface area contributed by atoms with Crippen molar-refractivity contribution in [2.24, 2.45) is 0 Å². The van der Waals surface area contributed by atoms with E-state index in [1.54, 1.807) is 0 Å². The molecule has 0 saturated carbocycles. The molecule has 0 rings (SSSR count). The standard InChI is InChI=1S/C2H5O4S/c1-2(3)7(4,5)6/h2-3H,1H2,(H,4,5,6). The molecule has 0 spiro atoms. The van der Waals surface area contributed by atoms with Crippen LogP contribution < -0.4 is 0 Å². The zero-order chi connectivity index (χ0) is 6.08. The van der Waals surface area contributed by atoms with E-state index in [2.05, 4.69) is 6.92 Å². The fraction of sp³-hybridized carbons (Fsp3) is 0.500. The summed E-state index contributed by atoms with van der Waals surface area (Å²) in [6.07, 6.45) is 0. The van der Waals surface area contributed by atoms with Gasteiger partial charge in [-0.3, -0.25) is 4.55 Å². The molecule has 0 saturated heterocycles. The van der Waals surface area contributed by atoms with Gasteiger partial charge in [-0.05, 0) is 6.92 Å². The number of aliphatic hydroxyl groups excluding tert-OH is 1. The lowest BCUT2D eigenvalue weighted by atomic mass is 10.9. The van der Waals surface area contributed by atoms with Gasteiger partial charge in [0.15, 0.2) is 5.44 Å². The van der Waals surface area contributed by atoms with Crippen molar-refractivity contribution in [3.8, 4) is 0 Å². The van der Waals surface area contributed by atoms with E-state index in [-0.39, 0.29) is 0 Å². The summed E-state index contributed by atoms with van der Waals surface area (Å²) in [6.45, 7) is 2.63. The zero-order valence-corrected chi connectivity index (χ0v) is 4.22. The molecule has 0 aliphatic rings. The van der Waals surface area contributed by atoms with Gasteiger partial charge >= 0.3 is 0 Å². The topological polar surface area (TPSA) is 74.6 Å². The molecule has 0 aliphatic heterocycles. The van der Waals surface area contributed by atoms with E-state index >= 15 is 0 Å². The molecule has 0 aliphatic carbocycles. The van der Waals surface area contributed by atoms with Gasteiger partial charge in [0.25, 0.3) is 10.1 Å². The second kappa shape index (κ2) is 1.77. The first-order valence-electron chi connectivity index (χ1n) is 1.42. The third-order valence-electron chi connectivity index (χ3n) is 0.344. The Bertz CT molecular complexity index is 132. The highest BCUT2D eigenvalue weighted by Crippen LogP contribution is 1.87. The van der Waals surface area contributed by atoms with Gasteiger partial charge in [-0.15, -0.1) is 0 Å². The predicted molar refractivity (Wildman–Crippen MR) is 22.9 cm³/mol. The zero-order valence-electron chi connectivity index (χ0n) is 3.40. The minimum Gasteiger partial charge on any atom is -0.375 e. The Hall–Kier alpha value is -0.130. The largest absolute Gasteiger partial charge is 0.375 e. The third kappa shape index (κ3) is 2.55. The molecule has 0 bridgehead atoms. The molecule has 1 unspecified atom stereocenters. The van der Waals surface area contributed by atoms with Gasteiger partial charge in [0.2, 0.25) is 0 Å². The minimum absolute atomic E-state index is 1.92. The summed E-state index contributed by atoms with van der Waals surface area (Å²) in [7, 11) is -4.30. The molecule has 1 atom stereocenters. The maximum Gasteiger partial charge on any atom is 0.291 e. The molecule has 0 amide bonds. The lowest BCUT2D eigenvalue weighted by Crippen LogP contribution is -2.14. The van der Waals surface area contributed by atoms with Crippen LogP contribution >= 0.6 is 0 Å². The van der Waals surface area contributed by atoms with Crippen LogP contribution in [0.15, 0.2) is 0 Å². The molecule has 5 heteroatoms. The van der Waals surface area contributed by atoms with Gasteiger partial charge < -0.3 is 5.11 Å². The fourth-order valence-electron chi connectivity index (χ4n) is 0. The van der Waals surface area contributed by atoms with E-state index in [4.69, 9.17) is 9.66 Å². The quantitative estimate of drug-likeness (QED) is 0.442. The van der Waals surface area contributed by atoms with Gasteiger partial charge in [0.1, 0.15) is 0 Å². The SMILES string of the molecule is [CH2]C(O)S(=O)(=O)O. The monoisotopic (exact) mass is 125 g/mol. The van der Waals surface area contributed by atoms with Crippen LogP contribution in [0.2, 0.25) is 0 Å². The van der Waals surface area contributed by atoms with Gasteiger partial charge in [-0.25, -0.2) is 0 Å². The van der Waals surface area contributed by atoms with Gasteiger partial charge in [0, 0.05) is 0 Å². The van der Waals surface area contributed by atoms with Crippen LogP contribution in [0.1, 0.15) is 0 Å². The van der Waals surface area contributed by atoms with Crippen LogP contribution in [-0.4, -0.2) is 23.5 Å². The van der Waals surface area contributed by atoms with Gasteiger partial charge in [-0.1, -0.05) is 0 Å². The van der Waals surface area contributed by atoms with Crippen molar-refractivity contribution < 1.29 is 18.1 Å². The highest BCUT2D eigenvalue weighted by atomic mass is 32.2. The minimum atomic E-state index is -4.30. The Labute approximate surface area is 41.5 Å². The average Bonchev–Trinajstić information content (AvgIpc) is 1.31. The summed E-state index contributed by atoms with van der Waals surface area (Å²) in [6, 6.07) is 0. The second-order valence-electron chi connectivity index (χ2n) is 0.970. The molecule has 43 valence electrons. The van der Waals surface area contributed by atoms with Crippen molar-refractivity contribution in [3.63, 3.8) is 0 Å². The molecular formula is C2H5O4S. The predicted octanol–water partition coefficient (Wildman–Crippen LogP) is -0.973. The molecule has 1 radical (unpaired) electrons. The summed E-state index contributed by atoms with van der Waals surface area (Å²) in [5.41, 5.74) is -1.92. The van der Waals surface area contributed by atoms with E-state index < -0.39 is 15.6 Å². The smallest absolute Gasteiger partial charge is 0.291 e. The highest BCUT2D eigenvalue weighted by molar-refractivity contribution is 7.86. The van der Waals surface area contributed by atoms with Crippen LogP contribution in [0.3, 0.4) is 0 Å². The maximum atomic E-state index is 9.57. The summed E-state index contributed by atoms with van der Waals surface area (Å²) in [5.74, 6) is 0. The number of hydrogen-bond acceptors (Lipinski definition) is 3. The van der Waals surface area contributed by atoms with Crippen LogP contribution in [0.4, 0.5) is 0 Å². The van der Waals surface area contributed by atoms with Gasteiger partial charge in [-0.2, -0.15) is 8.42 Å². The van der Waals surface area contributed by atoms with Crippen molar-refractivity contribution in [2.45, 2.75) is 5.44 Å². The van der Waals surface area contributed by atoms with E-state index in [0.717, 1.165) is 0 Å². The summed E-state index contributed by atoms with van der Waals surface area (Å²) < 4.78 is 26.9. The molecule has 0 fully saturated rings. The molecule has 7 heavy (non-hydrogen) atoms. The Kier molecular flexibility index (Phi) is 1.74. The number of hydrogen-bond donors (Lipinski definition) is 2. The number of aliphatic hydroxyl groups is 1. The Morgan fingerprint density at radius 3 is 1.71 bits per heavy atom. The molecule has 0 aromatic carbocycles. The van der Waals surface area contributed by atoms with Crippen molar-refractivity contribution in [2.75, 3.05) is 0 Å². The van der Waals surface area contributed by atoms with Crippen LogP contribution in [0.5, 0.6) is 0 Å². The summed E-state index contributed by atoms with van der Waals surface area (Å²) in [5, 5.41) is 7.94.